The maximum absolute atomic E-state index is 13.0. The van der Waals surface area contributed by atoms with Gasteiger partial charge in [0.25, 0.3) is 0 Å². The molecule has 2 rings (SSSR count). The van der Waals surface area contributed by atoms with E-state index in [-0.39, 0.29) is 24.3 Å². The summed E-state index contributed by atoms with van der Waals surface area (Å²) < 4.78 is 13.0. The number of carboxylic acids is 1. The normalized spacial score (nSPS) is 18.7. The van der Waals surface area contributed by atoms with Crippen LogP contribution in [0.5, 0.6) is 0 Å². The van der Waals surface area contributed by atoms with Crippen LogP contribution in [0.2, 0.25) is 0 Å². The van der Waals surface area contributed by atoms with Gasteiger partial charge in [0.1, 0.15) is 5.82 Å². The van der Waals surface area contributed by atoms with Crippen LogP contribution in [-0.4, -0.2) is 47.4 Å². The quantitative estimate of drug-likeness (QED) is 0.824. The van der Waals surface area contributed by atoms with Crippen LogP contribution in [0.25, 0.3) is 0 Å². The largest absolute Gasteiger partial charge is 0.481 e. The minimum absolute atomic E-state index is 0.00900. The van der Waals surface area contributed by atoms with Gasteiger partial charge >= 0.3 is 5.97 Å². The van der Waals surface area contributed by atoms with E-state index < -0.39 is 23.1 Å². The van der Waals surface area contributed by atoms with E-state index in [1.54, 1.807) is 4.90 Å². The summed E-state index contributed by atoms with van der Waals surface area (Å²) in [5.74, 6) is -3.09. The molecule has 0 saturated carbocycles. The number of benzene rings is 1. The van der Waals surface area contributed by atoms with Crippen molar-refractivity contribution in [3.8, 4) is 0 Å². The summed E-state index contributed by atoms with van der Waals surface area (Å²) in [5.41, 5.74) is -0.0765. The van der Waals surface area contributed by atoms with E-state index in [2.05, 4.69) is 5.32 Å². The van der Waals surface area contributed by atoms with Gasteiger partial charge in [0.2, 0.25) is 11.8 Å². The first-order valence-electron chi connectivity index (χ1n) is 9.15. The lowest BCUT2D eigenvalue weighted by molar-refractivity contribution is -0.142. The summed E-state index contributed by atoms with van der Waals surface area (Å²) in [7, 11) is 0. The first-order chi connectivity index (χ1) is 12.6. The van der Waals surface area contributed by atoms with Gasteiger partial charge in [-0.3, -0.25) is 14.4 Å². The van der Waals surface area contributed by atoms with Crippen molar-refractivity contribution in [2.24, 2.45) is 11.3 Å². The second kappa shape index (κ2) is 8.50. The predicted molar refractivity (Wildman–Crippen MR) is 98.5 cm³/mol. The fourth-order valence-electron chi connectivity index (χ4n) is 3.24. The Morgan fingerprint density at radius 2 is 1.89 bits per heavy atom. The highest BCUT2D eigenvalue weighted by molar-refractivity contribution is 5.84. The molecule has 6 nitrogen and oxygen atoms in total. The number of hydrogen-bond acceptors (Lipinski definition) is 3. The van der Waals surface area contributed by atoms with Gasteiger partial charge in [0.15, 0.2) is 0 Å². The molecule has 1 aliphatic heterocycles. The van der Waals surface area contributed by atoms with Crippen molar-refractivity contribution in [3.63, 3.8) is 0 Å². The lowest BCUT2D eigenvalue weighted by Crippen LogP contribution is -2.49. The van der Waals surface area contributed by atoms with Gasteiger partial charge in [-0.05, 0) is 30.5 Å². The molecule has 0 radical (unpaired) electrons. The van der Waals surface area contributed by atoms with E-state index in [1.165, 1.54) is 24.3 Å². The Labute approximate surface area is 158 Å². The Morgan fingerprint density at radius 3 is 2.44 bits per heavy atom. The minimum Gasteiger partial charge on any atom is -0.481 e. The van der Waals surface area contributed by atoms with Crippen LogP contribution in [0, 0.1) is 17.2 Å². The Bertz CT molecular complexity index is 697. The first-order valence-corrected chi connectivity index (χ1v) is 9.15. The fraction of sp³-hybridized carbons (Fsp3) is 0.550. The first kappa shape index (κ1) is 20.9. The number of amides is 2. The number of halogens is 1. The molecule has 2 N–H and O–H groups in total. The molecule has 7 heteroatoms. The molecule has 2 amide bonds. The lowest BCUT2D eigenvalue weighted by atomic mass is 9.90. The van der Waals surface area contributed by atoms with E-state index in [0.717, 1.165) is 6.42 Å². The molecule has 0 aromatic heterocycles. The lowest BCUT2D eigenvalue weighted by Gasteiger charge is -2.36. The highest BCUT2D eigenvalue weighted by Gasteiger charge is 2.33. The molecule has 1 fully saturated rings. The summed E-state index contributed by atoms with van der Waals surface area (Å²) >= 11 is 0. The summed E-state index contributed by atoms with van der Waals surface area (Å²) in [6.07, 6.45) is 1.40. The Hall–Kier alpha value is -2.44. The molecule has 1 saturated heterocycles. The molecule has 1 aliphatic rings. The van der Waals surface area contributed by atoms with Gasteiger partial charge in [-0.2, -0.15) is 0 Å². The number of hydrogen-bond donors (Lipinski definition) is 2. The van der Waals surface area contributed by atoms with E-state index in [0.29, 0.717) is 25.1 Å². The number of aliphatic carboxylic acids is 1. The number of carbonyl (C=O) groups is 3. The topological polar surface area (TPSA) is 86.7 Å². The van der Waals surface area contributed by atoms with Crippen molar-refractivity contribution in [3.05, 3.63) is 35.6 Å². The predicted octanol–water partition coefficient (Wildman–Crippen LogP) is 2.39. The number of nitrogens with one attached hydrogen (secondary N) is 1. The Kier molecular flexibility index (Phi) is 6.57. The maximum Gasteiger partial charge on any atom is 0.312 e. The molecule has 27 heavy (non-hydrogen) atoms. The van der Waals surface area contributed by atoms with Crippen LogP contribution >= 0.6 is 0 Å². The van der Waals surface area contributed by atoms with Crippen LogP contribution in [0.3, 0.4) is 0 Å². The molecule has 2 atom stereocenters. The second-order valence-corrected chi connectivity index (χ2v) is 8.03. The molecular formula is C20H27FN2O4. The zero-order valence-electron chi connectivity index (χ0n) is 16.0. The Balaban J connectivity index is 1.98. The summed E-state index contributed by atoms with van der Waals surface area (Å²) in [6, 6.07) is 5.21. The van der Waals surface area contributed by atoms with E-state index in [4.69, 9.17) is 0 Å². The number of nitrogens with zero attached hydrogens (tertiary/aromatic N) is 1. The van der Waals surface area contributed by atoms with Crippen molar-refractivity contribution < 1.29 is 23.9 Å². The molecule has 148 valence electrons. The molecule has 1 heterocycles. The summed E-state index contributed by atoms with van der Waals surface area (Å²) in [5, 5.41) is 12.1. The van der Waals surface area contributed by atoms with Crippen molar-refractivity contribution in [1.29, 1.82) is 0 Å². The van der Waals surface area contributed by atoms with Crippen LogP contribution in [0.4, 0.5) is 4.39 Å². The second-order valence-electron chi connectivity index (χ2n) is 8.03. The monoisotopic (exact) mass is 378 g/mol. The van der Waals surface area contributed by atoms with Crippen LogP contribution in [0.15, 0.2) is 24.3 Å². The van der Waals surface area contributed by atoms with Crippen LogP contribution in [-0.2, 0) is 14.4 Å². The van der Waals surface area contributed by atoms with Gasteiger partial charge in [-0.15, -0.1) is 0 Å². The van der Waals surface area contributed by atoms with Gasteiger partial charge in [0.05, 0.1) is 11.8 Å². The van der Waals surface area contributed by atoms with E-state index in [1.807, 2.05) is 20.8 Å². The highest BCUT2D eigenvalue weighted by Crippen LogP contribution is 2.24. The van der Waals surface area contributed by atoms with Crippen molar-refractivity contribution in [2.75, 3.05) is 19.6 Å². The minimum atomic E-state index is -1.09. The van der Waals surface area contributed by atoms with Crippen LogP contribution < -0.4 is 5.32 Å². The standard InChI is InChI=1S/C20H27FN2O4/c1-20(2,3)19(27)23-10-4-5-14(12-23)17(24)22-11-16(18(25)26)13-6-8-15(21)9-7-13/h6-9,14,16H,4-5,10-12H2,1-3H3,(H,22,24)(H,25,26). The molecular weight excluding hydrogens is 351 g/mol. The molecule has 1 aromatic carbocycles. The summed E-state index contributed by atoms with van der Waals surface area (Å²) in [6.45, 7) is 6.43. The van der Waals surface area contributed by atoms with Crippen molar-refractivity contribution >= 4 is 17.8 Å². The SMILES string of the molecule is CC(C)(C)C(=O)N1CCCC(C(=O)NCC(C(=O)O)c2ccc(F)cc2)C1. The van der Waals surface area contributed by atoms with Gasteiger partial charge in [-0.1, -0.05) is 32.9 Å². The zero-order valence-corrected chi connectivity index (χ0v) is 16.0. The maximum atomic E-state index is 13.0. The average molecular weight is 378 g/mol. The zero-order chi connectivity index (χ0) is 20.2. The van der Waals surface area contributed by atoms with E-state index >= 15 is 0 Å². The number of carbonyl (C=O) groups excluding carboxylic acids is 2. The number of carboxylic acid groups (broad SMARTS) is 1. The fourth-order valence-corrected chi connectivity index (χ4v) is 3.24. The van der Waals surface area contributed by atoms with Gasteiger partial charge in [0, 0.05) is 25.0 Å². The summed E-state index contributed by atoms with van der Waals surface area (Å²) in [4.78, 5) is 38.2. The molecule has 0 spiro atoms. The van der Waals surface area contributed by atoms with Gasteiger partial charge in [-0.25, -0.2) is 4.39 Å². The number of likely N-dealkylation sites (tertiary alicyclic amines) is 1. The molecule has 0 aliphatic carbocycles. The average Bonchev–Trinajstić information content (AvgIpc) is 2.61. The van der Waals surface area contributed by atoms with Crippen molar-refractivity contribution in [1.82, 2.24) is 10.2 Å². The van der Waals surface area contributed by atoms with E-state index in [9.17, 15) is 23.9 Å². The smallest absolute Gasteiger partial charge is 0.312 e. The number of rotatable bonds is 5. The molecule has 0 bridgehead atoms. The molecule has 1 aromatic rings. The third-order valence-corrected chi connectivity index (χ3v) is 4.77. The van der Waals surface area contributed by atoms with Gasteiger partial charge < -0.3 is 15.3 Å². The Morgan fingerprint density at radius 1 is 1.26 bits per heavy atom. The van der Waals surface area contributed by atoms with Crippen molar-refractivity contribution in [2.45, 2.75) is 39.5 Å². The number of piperidine rings is 1. The highest BCUT2D eigenvalue weighted by atomic mass is 19.1. The third-order valence-electron chi connectivity index (χ3n) is 4.77. The molecule has 2 unspecified atom stereocenters. The third kappa shape index (κ3) is 5.52. The van der Waals surface area contributed by atoms with Crippen LogP contribution in [0.1, 0.15) is 45.1 Å².